The molecule has 2 aliphatic carbocycles. The molecule has 3 aliphatic rings. The van der Waals surface area contributed by atoms with E-state index in [0.717, 1.165) is 32.1 Å². The van der Waals surface area contributed by atoms with Gasteiger partial charge in [0.05, 0.1) is 11.2 Å². The molecule has 0 radical (unpaired) electrons. The summed E-state index contributed by atoms with van der Waals surface area (Å²) < 4.78 is 5.71. The Hall–Kier alpha value is -0.450. The molecular formula is C16H24N2OS. The fraction of sp³-hybridized carbons (Fsp3) is 0.812. The summed E-state index contributed by atoms with van der Waals surface area (Å²) in [6, 6.07) is 0.731. The summed E-state index contributed by atoms with van der Waals surface area (Å²) in [5, 5.41) is 5.30. The molecule has 1 N–H and O–H groups in total. The monoisotopic (exact) mass is 292 g/mol. The van der Waals surface area contributed by atoms with E-state index in [4.69, 9.17) is 9.72 Å². The molecule has 4 rings (SSSR count). The zero-order valence-electron chi connectivity index (χ0n) is 12.1. The van der Waals surface area contributed by atoms with Crippen LogP contribution in [0, 0.1) is 0 Å². The highest BCUT2D eigenvalue weighted by atomic mass is 32.1. The Morgan fingerprint density at radius 2 is 2.00 bits per heavy atom. The van der Waals surface area contributed by atoms with Crippen LogP contribution >= 0.6 is 11.3 Å². The maximum atomic E-state index is 5.71. The quantitative estimate of drug-likeness (QED) is 0.929. The van der Waals surface area contributed by atoms with Gasteiger partial charge in [0.2, 0.25) is 0 Å². The molecule has 0 aromatic carbocycles. The summed E-state index contributed by atoms with van der Waals surface area (Å²) in [5.74, 6) is 0. The molecule has 1 aromatic rings. The summed E-state index contributed by atoms with van der Waals surface area (Å²) >= 11 is 1.99. The highest BCUT2D eigenvalue weighted by Gasteiger charge is 2.41. The van der Waals surface area contributed by atoms with Crippen molar-refractivity contribution in [2.24, 2.45) is 0 Å². The molecular weight excluding hydrogens is 268 g/mol. The minimum Gasteiger partial charge on any atom is -0.381 e. The molecule has 1 atom stereocenters. The van der Waals surface area contributed by atoms with E-state index in [1.54, 1.807) is 4.88 Å². The Morgan fingerprint density at radius 3 is 2.85 bits per heavy atom. The van der Waals surface area contributed by atoms with Crippen molar-refractivity contribution in [2.75, 3.05) is 13.2 Å². The number of rotatable bonds is 3. The van der Waals surface area contributed by atoms with Crippen LogP contribution in [0.5, 0.6) is 0 Å². The standard InChI is InChI=1S/C16H24N2OS/c1-2-5-14-13(4-1)17-15(20-14)16(18-12-6-7-12)8-3-10-19-11-9-16/h12,18H,1-11H2. The van der Waals surface area contributed by atoms with Crippen LogP contribution in [0.2, 0.25) is 0 Å². The van der Waals surface area contributed by atoms with Crippen molar-refractivity contribution >= 4 is 11.3 Å². The fourth-order valence-electron chi connectivity index (χ4n) is 3.54. The number of fused-ring (bicyclic) bond motifs is 1. The highest BCUT2D eigenvalue weighted by Crippen LogP contribution is 2.40. The largest absolute Gasteiger partial charge is 0.381 e. The Balaban J connectivity index is 1.66. The van der Waals surface area contributed by atoms with E-state index in [-0.39, 0.29) is 5.54 Å². The summed E-state index contributed by atoms with van der Waals surface area (Å²) in [6.45, 7) is 1.79. The molecule has 1 aliphatic heterocycles. The Morgan fingerprint density at radius 1 is 1.10 bits per heavy atom. The van der Waals surface area contributed by atoms with Crippen molar-refractivity contribution in [1.29, 1.82) is 0 Å². The van der Waals surface area contributed by atoms with E-state index >= 15 is 0 Å². The van der Waals surface area contributed by atoms with Gasteiger partial charge >= 0.3 is 0 Å². The topological polar surface area (TPSA) is 34.1 Å². The number of hydrogen-bond acceptors (Lipinski definition) is 4. The van der Waals surface area contributed by atoms with Crippen LogP contribution < -0.4 is 5.32 Å². The SMILES string of the molecule is C1CCc2sc(C3(NC4CC4)CCCOCC3)nc2C1. The first-order chi connectivity index (χ1) is 9.86. The number of thiazole rings is 1. The second kappa shape index (κ2) is 5.39. The molecule has 110 valence electrons. The summed E-state index contributed by atoms with van der Waals surface area (Å²) in [7, 11) is 0. The number of nitrogens with one attached hydrogen (secondary N) is 1. The number of hydrogen-bond donors (Lipinski definition) is 1. The molecule has 4 heteroatoms. The molecule has 2 heterocycles. The lowest BCUT2D eigenvalue weighted by Crippen LogP contribution is -2.44. The van der Waals surface area contributed by atoms with E-state index < -0.39 is 0 Å². The Labute approximate surface area is 125 Å². The van der Waals surface area contributed by atoms with Crippen molar-refractivity contribution < 1.29 is 4.74 Å². The highest BCUT2D eigenvalue weighted by molar-refractivity contribution is 7.11. The van der Waals surface area contributed by atoms with Crippen LogP contribution in [-0.2, 0) is 23.1 Å². The third kappa shape index (κ3) is 2.53. The van der Waals surface area contributed by atoms with Crippen LogP contribution in [0.1, 0.15) is 60.5 Å². The predicted octanol–water partition coefficient (Wildman–Crippen LogP) is 3.17. The maximum Gasteiger partial charge on any atom is 0.113 e. The molecule has 2 fully saturated rings. The predicted molar refractivity (Wildman–Crippen MR) is 81.3 cm³/mol. The van der Waals surface area contributed by atoms with Gasteiger partial charge in [-0.3, -0.25) is 0 Å². The normalized spacial score (nSPS) is 30.8. The number of aromatic nitrogens is 1. The van der Waals surface area contributed by atoms with Gasteiger partial charge in [-0.05, 0) is 57.8 Å². The lowest BCUT2D eigenvalue weighted by Gasteiger charge is -2.32. The molecule has 0 bridgehead atoms. The van der Waals surface area contributed by atoms with Crippen molar-refractivity contribution in [3.8, 4) is 0 Å². The molecule has 1 aromatic heterocycles. The van der Waals surface area contributed by atoms with Crippen LogP contribution in [-0.4, -0.2) is 24.2 Å². The van der Waals surface area contributed by atoms with Gasteiger partial charge < -0.3 is 10.1 Å². The molecule has 0 amide bonds. The van der Waals surface area contributed by atoms with Gasteiger partial charge in [-0.2, -0.15) is 0 Å². The van der Waals surface area contributed by atoms with Gasteiger partial charge in [-0.15, -0.1) is 11.3 Å². The van der Waals surface area contributed by atoms with Crippen molar-refractivity contribution in [3.05, 3.63) is 15.6 Å². The minimum atomic E-state index is 0.111. The molecule has 20 heavy (non-hydrogen) atoms. The van der Waals surface area contributed by atoms with E-state index in [1.165, 1.54) is 55.6 Å². The number of ether oxygens (including phenoxy) is 1. The Kier molecular flexibility index (Phi) is 3.57. The Bertz CT molecular complexity index is 449. The van der Waals surface area contributed by atoms with E-state index in [0.29, 0.717) is 0 Å². The first-order valence-corrected chi connectivity index (χ1v) is 9.02. The van der Waals surface area contributed by atoms with Crippen molar-refractivity contribution in [3.63, 3.8) is 0 Å². The summed E-state index contributed by atoms with van der Waals surface area (Å²) in [4.78, 5) is 6.63. The summed E-state index contributed by atoms with van der Waals surface area (Å²) in [6.07, 6.45) is 11.2. The average Bonchev–Trinajstić information content (AvgIpc) is 3.22. The van der Waals surface area contributed by atoms with Gasteiger partial charge in [-0.1, -0.05) is 0 Å². The molecule has 1 saturated carbocycles. The molecule has 0 spiro atoms. The van der Waals surface area contributed by atoms with Gasteiger partial charge in [0.25, 0.3) is 0 Å². The summed E-state index contributed by atoms with van der Waals surface area (Å²) in [5.41, 5.74) is 1.51. The number of aryl methyl sites for hydroxylation is 2. The third-order valence-electron chi connectivity index (χ3n) is 4.88. The van der Waals surface area contributed by atoms with Crippen LogP contribution in [0.4, 0.5) is 0 Å². The van der Waals surface area contributed by atoms with Gasteiger partial charge in [-0.25, -0.2) is 4.98 Å². The van der Waals surface area contributed by atoms with Crippen LogP contribution in [0.25, 0.3) is 0 Å². The van der Waals surface area contributed by atoms with Crippen LogP contribution in [0.15, 0.2) is 0 Å². The molecule has 3 nitrogen and oxygen atoms in total. The van der Waals surface area contributed by atoms with E-state index in [2.05, 4.69) is 5.32 Å². The third-order valence-corrected chi connectivity index (χ3v) is 6.24. The second-order valence-corrected chi connectivity index (χ2v) is 7.65. The number of nitrogens with zero attached hydrogens (tertiary/aromatic N) is 1. The lowest BCUT2D eigenvalue weighted by atomic mass is 9.90. The first-order valence-electron chi connectivity index (χ1n) is 8.20. The van der Waals surface area contributed by atoms with Crippen molar-refractivity contribution in [1.82, 2.24) is 10.3 Å². The van der Waals surface area contributed by atoms with Crippen molar-refractivity contribution in [2.45, 2.75) is 69.4 Å². The van der Waals surface area contributed by atoms with Gasteiger partial charge in [0, 0.05) is 24.1 Å². The van der Waals surface area contributed by atoms with Gasteiger partial charge in [0.15, 0.2) is 0 Å². The zero-order valence-corrected chi connectivity index (χ0v) is 12.9. The molecule has 1 unspecified atom stereocenters. The van der Waals surface area contributed by atoms with Crippen LogP contribution in [0.3, 0.4) is 0 Å². The smallest absolute Gasteiger partial charge is 0.113 e. The second-order valence-electron chi connectivity index (χ2n) is 6.56. The van der Waals surface area contributed by atoms with Gasteiger partial charge in [0.1, 0.15) is 5.01 Å². The first kappa shape index (κ1) is 13.2. The molecule has 1 saturated heterocycles. The van der Waals surface area contributed by atoms with E-state index in [1.807, 2.05) is 11.3 Å². The van der Waals surface area contributed by atoms with E-state index in [9.17, 15) is 0 Å². The average molecular weight is 292 g/mol. The minimum absolute atomic E-state index is 0.111. The fourth-order valence-corrected chi connectivity index (χ4v) is 4.90. The zero-order chi connectivity index (χ0) is 13.4. The maximum absolute atomic E-state index is 5.71. The lowest BCUT2D eigenvalue weighted by molar-refractivity contribution is 0.136.